The van der Waals surface area contributed by atoms with Crippen molar-refractivity contribution in [2.75, 3.05) is 6.54 Å². The van der Waals surface area contributed by atoms with Crippen molar-refractivity contribution < 1.29 is 9.50 Å². The molecule has 1 heterocycles. The summed E-state index contributed by atoms with van der Waals surface area (Å²) >= 11 is 0. The Morgan fingerprint density at radius 3 is 3.08 bits per heavy atom. The van der Waals surface area contributed by atoms with Gasteiger partial charge in [0.25, 0.3) is 0 Å². The molecule has 1 aromatic rings. The Morgan fingerprint density at radius 2 is 2.25 bits per heavy atom. The Kier molecular flexibility index (Phi) is 1.73. The summed E-state index contributed by atoms with van der Waals surface area (Å²) in [5.74, 6) is -0.276. The van der Waals surface area contributed by atoms with E-state index in [0.717, 1.165) is 17.7 Å². The van der Waals surface area contributed by atoms with Gasteiger partial charge in [-0.3, -0.25) is 0 Å². The number of nitrogens with one attached hydrogen (secondary N) is 1. The highest BCUT2D eigenvalue weighted by Crippen LogP contribution is 2.22. The van der Waals surface area contributed by atoms with Gasteiger partial charge in [-0.1, -0.05) is 0 Å². The van der Waals surface area contributed by atoms with Crippen molar-refractivity contribution in [3.63, 3.8) is 0 Å². The van der Waals surface area contributed by atoms with Crippen LogP contribution >= 0.6 is 0 Å². The van der Waals surface area contributed by atoms with Gasteiger partial charge in [0.2, 0.25) is 0 Å². The van der Waals surface area contributed by atoms with Gasteiger partial charge in [0.1, 0.15) is 11.6 Å². The van der Waals surface area contributed by atoms with Crippen LogP contribution in [0.2, 0.25) is 0 Å². The zero-order chi connectivity index (χ0) is 8.55. The van der Waals surface area contributed by atoms with E-state index in [4.69, 9.17) is 5.11 Å². The number of hydrogen-bond donors (Lipinski definition) is 2. The first-order valence-corrected chi connectivity index (χ1v) is 3.98. The average Bonchev–Trinajstić information content (AvgIpc) is 2.04. The van der Waals surface area contributed by atoms with Crippen molar-refractivity contribution in [3.8, 4) is 5.75 Å². The lowest BCUT2D eigenvalue weighted by molar-refractivity contribution is 0.463. The zero-order valence-electron chi connectivity index (χ0n) is 6.60. The maximum absolute atomic E-state index is 13.1. The first-order chi connectivity index (χ1) is 5.77. The maximum Gasteiger partial charge on any atom is 0.130 e. The number of hydrogen-bond acceptors (Lipinski definition) is 2. The molecule has 0 saturated heterocycles. The molecule has 0 unspecified atom stereocenters. The molecule has 0 aromatic heterocycles. The Labute approximate surface area is 70.0 Å². The molecule has 1 aliphatic heterocycles. The van der Waals surface area contributed by atoms with Gasteiger partial charge < -0.3 is 10.4 Å². The fourth-order valence-electron chi connectivity index (χ4n) is 1.55. The minimum absolute atomic E-state index is 0.00921. The third-order valence-corrected chi connectivity index (χ3v) is 2.14. The number of benzene rings is 1. The number of phenols is 1. The predicted molar refractivity (Wildman–Crippen MR) is 43.5 cm³/mol. The van der Waals surface area contributed by atoms with Crippen LogP contribution in [0.3, 0.4) is 0 Å². The summed E-state index contributed by atoms with van der Waals surface area (Å²) in [6, 6.07) is 2.79. The molecule has 1 aliphatic rings. The van der Waals surface area contributed by atoms with Crippen LogP contribution in [-0.4, -0.2) is 11.7 Å². The molecule has 0 amide bonds. The third-order valence-electron chi connectivity index (χ3n) is 2.14. The van der Waals surface area contributed by atoms with Crippen LogP contribution in [0.5, 0.6) is 5.75 Å². The molecule has 1 aromatic carbocycles. The van der Waals surface area contributed by atoms with E-state index in [1.807, 2.05) is 0 Å². The molecular weight excluding hydrogens is 157 g/mol. The molecule has 2 N–H and O–H groups in total. The number of rotatable bonds is 0. The lowest BCUT2D eigenvalue weighted by Crippen LogP contribution is -2.24. The van der Waals surface area contributed by atoms with Crippen molar-refractivity contribution in [1.29, 1.82) is 0 Å². The fraction of sp³-hybridized carbons (Fsp3) is 0.333. The molecule has 0 spiro atoms. The molecule has 0 saturated carbocycles. The molecule has 0 atom stereocenters. The number of phenolic OH excluding ortho intramolecular Hbond substituents is 1. The molecule has 0 bridgehead atoms. The molecule has 3 heteroatoms. The third kappa shape index (κ3) is 1.16. The van der Waals surface area contributed by atoms with Gasteiger partial charge in [0, 0.05) is 12.6 Å². The second-order valence-corrected chi connectivity index (χ2v) is 2.99. The number of fused-ring (bicyclic) bond motifs is 1. The van der Waals surface area contributed by atoms with Gasteiger partial charge in [-0.05, 0) is 30.2 Å². The van der Waals surface area contributed by atoms with E-state index in [1.165, 1.54) is 6.07 Å². The fourth-order valence-corrected chi connectivity index (χ4v) is 1.55. The summed E-state index contributed by atoms with van der Waals surface area (Å²) in [6.07, 6.45) is 0.710. The highest BCUT2D eigenvalue weighted by atomic mass is 19.1. The number of halogens is 1. The summed E-state index contributed by atoms with van der Waals surface area (Å²) < 4.78 is 13.1. The SMILES string of the molecule is Oc1cc(F)c2c(c1)CNCC2. The van der Waals surface area contributed by atoms with Crippen LogP contribution in [0, 0.1) is 5.82 Å². The lowest BCUT2D eigenvalue weighted by Gasteiger charge is -2.17. The van der Waals surface area contributed by atoms with Gasteiger partial charge in [0.05, 0.1) is 0 Å². The highest BCUT2D eigenvalue weighted by molar-refractivity contribution is 5.37. The molecule has 2 nitrogen and oxygen atoms in total. The summed E-state index contributed by atoms with van der Waals surface area (Å²) in [7, 11) is 0. The van der Waals surface area contributed by atoms with Crippen LogP contribution in [0.25, 0.3) is 0 Å². The van der Waals surface area contributed by atoms with E-state index in [2.05, 4.69) is 5.32 Å². The summed E-state index contributed by atoms with van der Waals surface area (Å²) in [4.78, 5) is 0. The molecule has 0 radical (unpaired) electrons. The van der Waals surface area contributed by atoms with E-state index in [0.29, 0.717) is 13.0 Å². The van der Waals surface area contributed by atoms with E-state index in [-0.39, 0.29) is 11.6 Å². The highest BCUT2D eigenvalue weighted by Gasteiger charge is 2.13. The number of aromatic hydroxyl groups is 1. The van der Waals surface area contributed by atoms with Gasteiger partial charge in [-0.2, -0.15) is 0 Å². The Balaban J connectivity index is 2.53. The van der Waals surface area contributed by atoms with Gasteiger partial charge in [-0.25, -0.2) is 4.39 Å². The predicted octanol–water partition coefficient (Wildman–Crippen LogP) is 1.18. The van der Waals surface area contributed by atoms with Crippen molar-refractivity contribution in [1.82, 2.24) is 5.32 Å². The monoisotopic (exact) mass is 167 g/mol. The minimum atomic E-state index is -0.286. The van der Waals surface area contributed by atoms with E-state index < -0.39 is 0 Å². The van der Waals surface area contributed by atoms with Crippen molar-refractivity contribution in [2.45, 2.75) is 13.0 Å². The van der Waals surface area contributed by atoms with Gasteiger partial charge >= 0.3 is 0 Å². The smallest absolute Gasteiger partial charge is 0.130 e. The molecule has 64 valence electrons. The van der Waals surface area contributed by atoms with Crippen LogP contribution < -0.4 is 5.32 Å². The van der Waals surface area contributed by atoms with Crippen LogP contribution in [-0.2, 0) is 13.0 Å². The molecule has 0 aliphatic carbocycles. The van der Waals surface area contributed by atoms with E-state index >= 15 is 0 Å². The van der Waals surface area contributed by atoms with Gasteiger partial charge in [0.15, 0.2) is 0 Å². The van der Waals surface area contributed by atoms with Crippen LogP contribution in [0.4, 0.5) is 4.39 Å². The molecule has 0 fully saturated rings. The van der Waals surface area contributed by atoms with Gasteiger partial charge in [-0.15, -0.1) is 0 Å². The first-order valence-electron chi connectivity index (χ1n) is 3.98. The van der Waals surface area contributed by atoms with E-state index in [1.54, 1.807) is 6.07 Å². The Morgan fingerprint density at radius 1 is 1.42 bits per heavy atom. The van der Waals surface area contributed by atoms with Crippen molar-refractivity contribution >= 4 is 0 Å². The summed E-state index contributed by atoms with van der Waals surface area (Å²) in [5.41, 5.74) is 1.62. The molecule has 2 rings (SSSR count). The Bertz CT molecular complexity index is 312. The summed E-state index contributed by atoms with van der Waals surface area (Å²) in [6.45, 7) is 1.47. The van der Waals surface area contributed by atoms with Crippen LogP contribution in [0.1, 0.15) is 11.1 Å². The lowest BCUT2D eigenvalue weighted by atomic mass is 10.0. The minimum Gasteiger partial charge on any atom is -0.508 e. The molecular formula is C9H10FNO. The maximum atomic E-state index is 13.1. The first kappa shape index (κ1) is 7.55. The molecule has 12 heavy (non-hydrogen) atoms. The zero-order valence-corrected chi connectivity index (χ0v) is 6.60. The topological polar surface area (TPSA) is 32.3 Å². The second kappa shape index (κ2) is 2.75. The quantitative estimate of drug-likeness (QED) is 0.608. The largest absolute Gasteiger partial charge is 0.508 e. The normalized spacial score (nSPS) is 15.8. The van der Waals surface area contributed by atoms with Crippen molar-refractivity contribution in [3.05, 3.63) is 29.1 Å². The van der Waals surface area contributed by atoms with E-state index in [9.17, 15) is 4.39 Å². The summed E-state index contributed by atoms with van der Waals surface area (Å²) in [5, 5.41) is 12.2. The Hall–Kier alpha value is -1.09. The average molecular weight is 167 g/mol. The van der Waals surface area contributed by atoms with Crippen molar-refractivity contribution in [2.24, 2.45) is 0 Å². The second-order valence-electron chi connectivity index (χ2n) is 2.99. The standard InChI is InChI=1S/C9H10FNO/c10-9-4-7(12)3-6-5-11-2-1-8(6)9/h3-4,11-12H,1-2,5H2. The van der Waals surface area contributed by atoms with Crippen LogP contribution in [0.15, 0.2) is 12.1 Å².